The third-order valence-electron chi connectivity index (χ3n) is 3.90. The van der Waals surface area contributed by atoms with Gasteiger partial charge >= 0.3 is 5.97 Å². The Balaban J connectivity index is 5.62. The van der Waals surface area contributed by atoms with Crippen LogP contribution in [0.25, 0.3) is 0 Å². The number of aliphatic carboxylic acids is 1. The van der Waals surface area contributed by atoms with Gasteiger partial charge in [-0.25, -0.2) is 4.79 Å². The van der Waals surface area contributed by atoms with Crippen molar-refractivity contribution in [2.75, 3.05) is 0 Å². The molecule has 3 nitrogen and oxygen atoms in total. The van der Waals surface area contributed by atoms with Crippen molar-refractivity contribution in [3.05, 3.63) is 11.8 Å². The number of carbonyl (C=O) groups is 1. The Morgan fingerprint density at radius 1 is 1.10 bits per heavy atom. The van der Waals surface area contributed by atoms with Crippen molar-refractivity contribution in [1.82, 2.24) is 0 Å². The van der Waals surface area contributed by atoms with Crippen LogP contribution in [-0.2, 0) is 9.22 Å². The number of rotatable bonds is 7. The molecule has 0 aromatic heterocycles. The van der Waals surface area contributed by atoms with Crippen LogP contribution in [0.1, 0.15) is 61.3 Å². The van der Waals surface area contributed by atoms with Crippen molar-refractivity contribution in [1.29, 1.82) is 0 Å². The van der Waals surface area contributed by atoms with E-state index in [2.05, 4.69) is 60.3 Å². The van der Waals surface area contributed by atoms with Gasteiger partial charge in [0.1, 0.15) is 0 Å². The quantitative estimate of drug-likeness (QED) is 0.411. The zero-order valence-electron chi connectivity index (χ0n) is 14.5. The predicted octanol–water partition coefficient (Wildman–Crippen LogP) is 4.95. The van der Waals surface area contributed by atoms with Gasteiger partial charge < -0.3 is 9.53 Å². The summed E-state index contributed by atoms with van der Waals surface area (Å²) in [6, 6.07) is 0. The Kier molecular flexibility index (Phi) is 8.42. The maximum absolute atomic E-state index is 10.7. The van der Waals surface area contributed by atoms with Crippen LogP contribution in [0.4, 0.5) is 0 Å². The van der Waals surface area contributed by atoms with E-state index < -0.39 is 14.3 Å². The molecule has 0 aliphatic carbocycles. The smallest absolute Gasteiger partial charge is 0.382 e. The van der Waals surface area contributed by atoms with Gasteiger partial charge in [-0.05, 0) is 35.0 Å². The number of carboxylic acids is 1. The molecule has 0 fully saturated rings. The molecule has 0 aromatic rings. The lowest BCUT2D eigenvalue weighted by Gasteiger charge is -2.42. The zero-order chi connectivity index (χ0) is 16.6. The van der Waals surface area contributed by atoms with Crippen LogP contribution < -0.4 is 0 Å². The van der Waals surface area contributed by atoms with Gasteiger partial charge in [0, 0.05) is 5.92 Å². The highest BCUT2D eigenvalue weighted by Gasteiger charge is 2.47. The molecule has 0 saturated carbocycles. The molecule has 0 spiro atoms. The largest absolute Gasteiger partial charge is 0.537 e. The average molecular weight is 311 g/mol. The van der Waals surface area contributed by atoms with Crippen molar-refractivity contribution in [2.45, 2.75) is 77.9 Å². The first-order valence-corrected chi connectivity index (χ1v) is 9.96. The molecule has 0 rings (SSSR count). The highest BCUT2D eigenvalue weighted by Crippen LogP contribution is 2.43. The van der Waals surface area contributed by atoms with E-state index in [9.17, 15) is 4.79 Å². The minimum absolute atomic E-state index is 0.439. The second kappa shape index (κ2) is 8.94. The van der Waals surface area contributed by atoms with Crippen molar-refractivity contribution in [3.63, 3.8) is 0 Å². The first-order chi connectivity index (χ1) is 9.68. The minimum atomic E-state index is -2.08. The molecule has 0 aromatic carbocycles. The molecule has 0 aliphatic rings. The molecule has 1 N–H and O–H groups in total. The lowest BCUT2D eigenvalue weighted by atomic mass is 10.3. The fourth-order valence-corrected chi connectivity index (χ4v) is 8.28. The van der Waals surface area contributed by atoms with Crippen LogP contribution in [0, 0.1) is 11.8 Å². The molecule has 0 unspecified atom stereocenters. The monoisotopic (exact) mass is 310 g/mol. The van der Waals surface area contributed by atoms with E-state index in [0.29, 0.717) is 22.4 Å². The fourth-order valence-electron chi connectivity index (χ4n) is 3.05. The second-order valence-corrected chi connectivity index (χ2v) is 11.7. The van der Waals surface area contributed by atoms with Gasteiger partial charge in [-0.3, -0.25) is 0 Å². The van der Waals surface area contributed by atoms with Crippen LogP contribution in [0.15, 0.2) is 11.8 Å². The van der Waals surface area contributed by atoms with Crippen LogP contribution in [-0.4, -0.2) is 19.4 Å². The third kappa shape index (κ3) is 5.59. The lowest BCUT2D eigenvalue weighted by Crippen LogP contribution is -2.47. The summed E-state index contributed by atoms with van der Waals surface area (Å²) in [5.74, 6) is 4.31. The molecule has 21 heavy (non-hydrogen) atoms. The van der Waals surface area contributed by atoms with Crippen LogP contribution >= 0.6 is 0 Å². The normalized spacial score (nSPS) is 12.6. The van der Waals surface area contributed by atoms with Gasteiger partial charge in [-0.1, -0.05) is 54.9 Å². The standard InChI is InChI=1S/C17H30O3Si/c1-8-9-10-16(11-12-17(18)19)20-21(13(2)3,14(4)5)15(6)7/h10,13-15H,8-9H2,1-7H3,(H,18,19)/b16-10-. The van der Waals surface area contributed by atoms with Crippen molar-refractivity contribution >= 4 is 14.3 Å². The lowest BCUT2D eigenvalue weighted by molar-refractivity contribution is -0.130. The summed E-state index contributed by atoms with van der Waals surface area (Å²) in [6.07, 6.45) is 3.77. The molecule has 0 amide bonds. The van der Waals surface area contributed by atoms with E-state index in [1.54, 1.807) is 0 Å². The molecule has 0 aliphatic heterocycles. The maximum atomic E-state index is 10.7. The number of hydrogen-bond acceptors (Lipinski definition) is 2. The minimum Gasteiger partial charge on any atom is -0.537 e. The number of hydrogen-bond donors (Lipinski definition) is 1. The third-order valence-corrected chi connectivity index (χ3v) is 9.89. The van der Waals surface area contributed by atoms with E-state index >= 15 is 0 Å². The van der Waals surface area contributed by atoms with Gasteiger partial charge in [0.25, 0.3) is 8.32 Å². The Morgan fingerprint density at radius 2 is 1.57 bits per heavy atom. The second-order valence-electron chi connectivity index (χ2n) is 6.33. The summed E-state index contributed by atoms with van der Waals surface area (Å²) in [5, 5.41) is 8.77. The van der Waals surface area contributed by atoms with Crippen LogP contribution in [0.5, 0.6) is 0 Å². The number of allylic oxidation sites excluding steroid dienone is 2. The van der Waals surface area contributed by atoms with Gasteiger partial charge in [-0.15, -0.1) is 0 Å². The van der Waals surface area contributed by atoms with Gasteiger partial charge in [0.05, 0.1) is 0 Å². The van der Waals surface area contributed by atoms with Crippen LogP contribution in [0.2, 0.25) is 16.6 Å². The number of carboxylic acid groups (broad SMARTS) is 1. The van der Waals surface area contributed by atoms with E-state index in [0.717, 1.165) is 12.8 Å². The molecular formula is C17H30O3Si. The van der Waals surface area contributed by atoms with Crippen LogP contribution in [0.3, 0.4) is 0 Å². The van der Waals surface area contributed by atoms with Gasteiger partial charge in [0.2, 0.25) is 0 Å². The molecule has 120 valence electrons. The molecule has 0 bridgehead atoms. The van der Waals surface area contributed by atoms with Crippen molar-refractivity contribution < 1.29 is 14.3 Å². The Bertz CT molecular complexity index is 403. The topological polar surface area (TPSA) is 46.5 Å². The Labute approximate surface area is 130 Å². The molecule has 0 atom stereocenters. The summed E-state index contributed by atoms with van der Waals surface area (Å²) in [6.45, 7) is 15.3. The zero-order valence-corrected chi connectivity index (χ0v) is 15.5. The highest BCUT2D eigenvalue weighted by molar-refractivity contribution is 6.77. The fraction of sp³-hybridized carbons (Fsp3) is 0.706. The summed E-state index contributed by atoms with van der Waals surface area (Å²) < 4.78 is 6.44. The Hall–Kier alpha value is -1.21. The SMILES string of the molecule is CCC/C=C(/C#CC(=O)O)O[Si](C(C)C)(C(C)C)C(C)C. The highest BCUT2D eigenvalue weighted by atomic mass is 28.4. The average Bonchev–Trinajstić information content (AvgIpc) is 2.36. The summed E-state index contributed by atoms with van der Waals surface area (Å²) in [5.41, 5.74) is 1.32. The van der Waals surface area contributed by atoms with Gasteiger partial charge in [-0.2, -0.15) is 0 Å². The van der Waals surface area contributed by atoms with E-state index in [1.165, 1.54) is 0 Å². The number of unbranched alkanes of at least 4 members (excludes halogenated alkanes) is 1. The summed E-state index contributed by atoms with van der Waals surface area (Å²) in [7, 11) is -2.08. The molecule has 0 heterocycles. The Morgan fingerprint density at radius 3 is 1.90 bits per heavy atom. The van der Waals surface area contributed by atoms with Crippen molar-refractivity contribution in [3.8, 4) is 11.8 Å². The first kappa shape index (κ1) is 19.8. The predicted molar refractivity (Wildman–Crippen MR) is 90.5 cm³/mol. The van der Waals surface area contributed by atoms with E-state index in [1.807, 2.05) is 6.08 Å². The molecule has 0 radical (unpaired) electrons. The van der Waals surface area contributed by atoms with Gasteiger partial charge in [0.15, 0.2) is 5.76 Å². The summed E-state index contributed by atoms with van der Waals surface area (Å²) >= 11 is 0. The van der Waals surface area contributed by atoms with E-state index in [4.69, 9.17) is 9.53 Å². The summed E-state index contributed by atoms with van der Waals surface area (Å²) in [4.78, 5) is 10.7. The van der Waals surface area contributed by atoms with Crippen molar-refractivity contribution in [2.24, 2.45) is 0 Å². The molecular weight excluding hydrogens is 280 g/mol. The maximum Gasteiger partial charge on any atom is 0.382 e. The molecule has 0 saturated heterocycles. The first-order valence-electron chi connectivity index (χ1n) is 7.82. The van der Waals surface area contributed by atoms with E-state index in [-0.39, 0.29) is 0 Å². The molecule has 4 heteroatoms.